The molecule has 3 atom stereocenters. The van der Waals surface area contributed by atoms with Gasteiger partial charge in [0.2, 0.25) is 5.91 Å². The van der Waals surface area contributed by atoms with Gasteiger partial charge in [-0.2, -0.15) is 0 Å². The summed E-state index contributed by atoms with van der Waals surface area (Å²) in [6.45, 7) is 6.65. The predicted octanol–water partition coefficient (Wildman–Crippen LogP) is 2.15. The number of carbonyl (C=O) groups is 2. The highest BCUT2D eigenvalue weighted by Gasteiger charge is 2.19. The fraction of sp³-hybridized carbons (Fsp3) is 0.867. The van der Waals surface area contributed by atoms with Gasteiger partial charge in [0, 0.05) is 13.0 Å². The van der Waals surface area contributed by atoms with Gasteiger partial charge in [-0.1, -0.05) is 40.0 Å². The monoisotopic (exact) mass is 286 g/mol. The van der Waals surface area contributed by atoms with Crippen LogP contribution in [0.5, 0.6) is 0 Å². The average molecular weight is 286 g/mol. The van der Waals surface area contributed by atoms with E-state index in [0.717, 1.165) is 25.7 Å². The highest BCUT2D eigenvalue weighted by molar-refractivity contribution is 5.81. The van der Waals surface area contributed by atoms with Gasteiger partial charge in [0.15, 0.2) is 0 Å². The summed E-state index contributed by atoms with van der Waals surface area (Å²) in [4.78, 5) is 22.4. The van der Waals surface area contributed by atoms with Gasteiger partial charge in [0.25, 0.3) is 0 Å². The van der Waals surface area contributed by atoms with Crippen LogP contribution in [0.25, 0.3) is 0 Å². The van der Waals surface area contributed by atoms with E-state index in [1.807, 2.05) is 13.8 Å². The number of nitrogens with one attached hydrogen (secondary N) is 1. The van der Waals surface area contributed by atoms with E-state index in [-0.39, 0.29) is 18.2 Å². The zero-order valence-corrected chi connectivity index (χ0v) is 13.0. The quantitative estimate of drug-likeness (QED) is 0.542. The van der Waals surface area contributed by atoms with E-state index in [1.165, 1.54) is 0 Å². The third kappa shape index (κ3) is 8.15. The molecule has 0 spiro atoms. The van der Waals surface area contributed by atoms with E-state index < -0.39 is 12.0 Å². The Morgan fingerprint density at radius 3 is 2.35 bits per heavy atom. The summed E-state index contributed by atoms with van der Waals surface area (Å²) in [5, 5.41) is 11.6. The number of nitrogens with two attached hydrogens (primary N) is 1. The summed E-state index contributed by atoms with van der Waals surface area (Å²) in [5.41, 5.74) is 5.86. The van der Waals surface area contributed by atoms with Crippen LogP contribution in [0.3, 0.4) is 0 Å². The number of aliphatic carboxylic acids is 1. The average Bonchev–Trinajstić information content (AvgIpc) is 2.42. The van der Waals surface area contributed by atoms with Gasteiger partial charge in [-0.25, -0.2) is 0 Å². The number of rotatable bonds is 11. The van der Waals surface area contributed by atoms with Crippen LogP contribution >= 0.6 is 0 Å². The highest BCUT2D eigenvalue weighted by atomic mass is 16.4. The first kappa shape index (κ1) is 18.9. The molecule has 1 unspecified atom stereocenters. The molecule has 0 aromatic rings. The van der Waals surface area contributed by atoms with Gasteiger partial charge in [0.1, 0.15) is 0 Å². The maximum Gasteiger partial charge on any atom is 0.303 e. The number of carbonyl (C=O) groups excluding carboxylic acids is 1. The van der Waals surface area contributed by atoms with Crippen molar-refractivity contribution in [2.75, 3.05) is 6.54 Å². The lowest BCUT2D eigenvalue weighted by molar-refractivity contribution is -0.137. The molecule has 1 amide bonds. The minimum Gasteiger partial charge on any atom is -0.481 e. The molecule has 0 rings (SSSR count). The summed E-state index contributed by atoms with van der Waals surface area (Å²) in [6.07, 6.45) is 4.61. The number of carboxylic acids is 1. The Labute approximate surface area is 122 Å². The van der Waals surface area contributed by atoms with Crippen molar-refractivity contribution in [3.05, 3.63) is 0 Å². The lowest BCUT2D eigenvalue weighted by Gasteiger charge is -2.19. The molecule has 0 bridgehead atoms. The second-order valence-electron chi connectivity index (χ2n) is 5.58. The minimum absolute atomic E-state index is 0.104. The standard InChI is InChI=1S/C15H30N2O3/c1-4-6-12(7-8-13(18)19)9-10-17-15(20)14(16)11(3)5-2/h11-12,14H,4-10,16H2,1-3H3,(H,17,20)(H,18,19)/t11-,12?,14-/m0/s1. The second-order valence-corrected chi connectivity index (χ2v) is 5.58. The normalized spacial score (nSPS) is 15.4. The van der Waals surface area contributed by atoms with Crippen molar-refractivity contribution in [2.45, 2.75) is 65.3 Å². The van der Waals surface area contributed by atoms with Crippen LogP contribution in [0.15, 0.2) is 0 Å². The lowest BCUT2D eigenvalue weighted by atomic mass is 9.94. The van der Waals surface area contributed by atoms with Gasteiger partial charge in [-0.3, -0.25) is 9.59 Å². The Kier molecular flexibility index (Phi) is 10.1. The molecular weight excluding hydrogens is 256 g/mol. The van der Waals surface area contributed by atoms with Crippen molar-refractivity contribution in [3.63, 3.8) is 0 Å². The molecule has 0 aliphatic heterocycles. The van der Waals surface area contributed by atoms with Crippen LogP contribution in [0, 0.1) is 11.8 Å². The zero-order chi connectivity index (χ0) is 15.5. The van der Waals surface area contributed by atoms with Gasteiger partial charge < -0.3 is 16.2 Å². The van der Waals surface area contributed by atoms with Crippen molar-refractivity contribution in [1.29, 1.82) is 0 Å². The Balaban J connectivity index is 4.03. The van der Waals surface area contributed by atoms with E-state index in [4.69, 9.17) is 10.8 Å². The Morgan fingerprint density at radius 2 is 1.85 bits per heavy atom. The number of hydrogen-bond donors (Lipinski definition) is 3. The van der Waals surface area contributed by atoms with Crippen LogP contribution in [-0.4, -0.2) is 29.6 Å². The van der Waals surface area contributed by atoms with Crippen LogP contribution in [-0.2, 0) is 9.59 Å². The first-order valence-corrected chi connectivity index (χ1v) is 7.67. The van der Waals surface area contributed by atoms with Crippen LogP contribution < -0.4 is 11.1 Å². The predicted molar refractivity (Wildman–Crippen MR) is 80.3 cm³/mol. The second kappa shape index (κ2) is 10.7. The van der Waals surface area contributed by atoms with Crippen molar-refractivity contribution < 1.29 is 14.7 Å². The molecule has 5 nitrogen and oxygen atoms in total. The highest BCUT2D eigenvalue weighted by Crippen LogP contribution is 2.17. The molecule has 5 heteroatoms. The fourth-order valence-corrected chi connectivity index (χ4v) is 2.20. The van der Waals surface area contributed by atoms with Gasteiger partial charge in [-0.05, 0) is 24.7 Å². The van der Waals surface area contributed by atoms with Crippen molar-refractivity contribution in [3.8, 4) is 0 Å². The summed E-state index contributed by atoms with van der Waals surface area (Å²) >= 11 is 0. The molecule has 0 aliphatic carbocycles. The number of amides is 1. The topological polar surface area (TPSA) is 92.4 Å². The van der Waals surface area contributed by atoms with Crippen LogP contribution in [0.2, 0.25) is 0 Å². The summed E-state index contributed by atoms with van der Waals surface area (Å²) in [7, 11) is 0. The minimum atomic E-state index is -0.756. The summed E-state index contributed by atoms with van der Waals surface area (Å²) in [6, 6.07) is -0.455. The van der Waals surface area contributed by atoms with Crippen LogP contribution in [0.4, 0.5) is 0 Å². The van der Waals surface area contributed by atoms with E-state index in [0.29, 0.717) is 18.9 Å². The van der Waals surface area contributed by atoms with Crippen molar-refractivity contribution in [2.24, 2.45) is 17.6 Å². The number of hydrogen-bond acceptors (Lipinski definition) is 3. The smallest absolute Gasteiger partial charge is 0.303 e. The molecule has 4 N–H and O–H groups in total. The SMILES string of the molecule is CCCC(CCNC(=O)[C@@H](N)[C@@H](C)CC)CCC(=O)O. The Bertz CT molecular complexity index is 295. The lowest BCUT2D eigenvalue weighted by Crippen LogP contribution is -2.45. The Hall–Kier alpha value is -1.10. The molecule has 0 aliphatic rings. The molecule has 0 aromatic carbocycles. The first-order chi connectivity index (χ1) is 9.42. The molecule has 20 heavy (non-hydrogen) atoms. The molecule has 0 saturated heterocycles. The largest absolute Gasteiger partial charge is 0.481 e. The molecule has 0 aromatic heterocycles. The van der Waals surface area contributed by atoms with E-state index in [1.54, 1.807) is 0 Å². The zero-order valence-electron chi connectivity index (χ0n) is 13.0. The maximum absolute atomic E-state index is 11.8. The summed E-state index contributed by atoms with van der Waals surface area (Å²) in [5.74, 6) is -0.327. The molecule has 0 fully saturated rings. The fourth-order valence-electron chi connectivity index (χ4n) is 2.20. The summed E-state index contributed by atoms with van der Waals surface area (Å²) < 4.78 is 0. The van der Waals surface area contributed by atoms with Crippen molar-refractivity contribution >= 4 is 11.9 Å². The maximum atomic E-state index is 11.8. The van der Waals surface area contributed by atoms with E-state index in [9.17, 15) is 9.59 Å². The molecular formula is C15H30N2O3. The van der Waals surface area contributed by atoms with Crippen LogP contribution in [0.1, 0.15) is 59.3 Å². The van der Waals surface area contributed by atoms with E-state index in [2.05, 4.69) is 12.2 Å². The van der Waals surface area contributed by atoms with Gasteiger partial charge in [0.05, 0.1) is 6.04 Å². The van der Waals surface area contributed by atoms with E-state index >= 15 is 0 Å². The van der Waals surface area contributed by atoms with Crippen molar-refractivity contribution in [1.82, 2.24) is 5.32 Å². The Morgan fingerprint density at radius 1 is 1.20 bits per heavy atom. The van der Waals surface area contributed by atoms with Gasteiger partial charge in [-0.15, -0.1) is 0 Å². The molecule has 118 valence electrons. The van der Waals surface area contributed by atoms with Gasteiger partial charge >= 0.3 is 5.97 Å². The first-order valence-electron chi connectivity index (χ1n) is 7.67. The molecule has 0 saturated carbocycles. The third-order valence-electron chi connectivity index (χ3n) is 3.87. The number of carboxylic acid groups (broad SMARTS) is 1. The molecule has 0 heterocycles. The third-order valence-corrected chi connectivity index (χ3v) is 3.87. The molecule has 0 radical (unpaired) electrons.